The average Bonchev–Trinajstić information content (AvgIpc) is 2.65. The summed E-state index contributed by atoms with van der Waals surface area (Å²) in [5.74, 6) is 0.741. The zero-order chi connectivity index (χ0) is 12.8. The van der Waals surface area contributed by atoms with Crippen LogP contribution in [0.5, 0.6) is 0 Å². The van der Waals surface area contributed by atoms with Gasteiger partial charge in [0.1, 0.15) is 6.10 Å². The van der Waals surface area contributed by atoms with Crippen LogP contribution in [0.4, 0.5) is 0 Å². The molecule has 1 atom stereocenters. The van der Waals surface area contributed by atoms with Crippen LogP contribution in [0.3, 0.4) is 0 Å². The van der Waals surface area contributed by atoms with Crippen LogP contribution in [0.2, 0.25) is 0 Å². The Bertz CT molecular complexity index is 347. The molecule has 0 aromatic carbocycles. The summed E-state index contributed by atoms with van der Waals surface area (Å²) >= 11 is 5.21. The molecule has 1 aromatic rings. The predicted octanol–water partition coefficient (Wildman–Crippen LogP) is 4.50. The fourth-order valence-electron chi connectivity index (χ4n) is 2.55. The molecule has 2 nitrogen and oxygen atoms in total. The maximum absolute atomic E-state index is 6.05. The maximum Gasteiger partial charge on any atom is 0.104 e. The smallest absolute Gasteiger partial charge is 0.104 e. The summed E-state index contributed by atoms with van der Waals surface area (Å²) in [5, 5.41) is 0. The summed E-state index contributed by atoms with van der Waals surface area (Å²) in [6.45, 7) is 1.44. The van der Waals surface area contributed by atoms with E-state index in [4.69, 9.17) is 10.5 Å². The Kier molecular flexibility index (Phi) is 6.15. The van der Waals surface area contributed by atoms with Crippen molar-refractivity contribution in [2.45, 2.75) is 44.6 Å². The molecule has 1 heterocycles. The minimum absolute atomic E-state index is 0.0737. The van der Waals surface area contributed by atoms with Gasteiger partial charge in [-0.15, -0.1) is 11.3 Å². The average molecular weight is 332 g/mol. The molecule has 0 saturated heterocycles. The highest BCUT2D eigenvalue weighted by Crippen LogP contribution is 2.30. The summed E-state index contributed by atoms with van der Waals surface area (Å²) < 4.78 is 7.20. The lowest BCUT2D eigenvalue weighted by Gasteiger charge is -2.19. The molecule has 1 fully saturated rings. The summed E-state index contributed by atoms with van der Waals surface area (Å²) in [6, 6.07) is 4.18. The summed E-state index contributed by atoms with van der Waals surface area (Å²) in [5.41, 5.74) is 5.83. The van der Waals surface area contributed by atoms with Crippen LogP contribution >= 0.6 is 27.3 Å². The Morgan fingerprint density at radius 1 is 1.28 bits per heavy atom. The monoisotopic (exact) mass is 331 g/mol. The van der Waals surface area contributed by atoms with Gasteiger partial charge in [-0.05, 0) is 46.8 Å². The summed E-state index contributed by atoms with van der Waals surface area (Å²) in [4.78, 5) is 1.23. The molecule has 0 aliphatic heterocycles. The molecule has 1 unspecified atom stereocenters. The highest BCUT2D eigenvalue weighted by molar-refractivity contribution is 9.11. The molecular formula is C14H22BrNOS. The van der Waals surface area contributed by atoms with Crippen LogP contribution in [0.25, 0.3) is 0 Å². The third kappa shape index (κ3) is 4.34. The standard InChI is InChI=1S/C14H22BrNOS/c15-14-8-7-13(18-14)12(9-16)17-10-11-5-3-1-2-4-6-11/h7-8,11-12H,1-6,9-10,16H2. The number of thiophene rings is 1. The van der Waals surface area contributed by atoms with E-state index in [1.807, 2.05) is 0 Å². The first-order valence-corrected chi connectivity index (χ1v) is 8.47. The first-order chi connectivity index (χ1) is 8.79. The minimum Gasteiger partial charge on any atom is -0.371 e. The quantitative estimate of drug-likeness (QED) is 0.806. The van der Waals surface area contributed by atoms with Crippen molar-refractivity contribution >= 4 is 27.3 Å². The van der Waals surface area contributed by atoms with Crippen molar-refractivity contribution in [1.82, 2.24) is 0 Å². The molecule has 102 valence electrons. The zero-order valence-electron chi connectivity index (χ0n) is 10.7. The molecule has 0 radical (unpaired) electrons. The van der Waals surface area contributed by atoms with Crippen molar-refractivity contribution in [1.29, 1.82) is 0 Å². The van der Waals surface area contributed by atoms with E-state index < -0.39 is 0 Å². The lowest BCUT2D eigenvalue weighted by atomic mass is 10.0. The molecule has 2 rings (SSSR count). The van der Waals surface area contributed by atoms with E-state index in [2.05, 4.69) is 28.1 Å². The van der Waals surface area contributed by atoms with Crippen molar-refractivity contribution in [3.05, 3.63) is 20.8 Å². The van der Waals surface area contributed by atoms with Gasteiger partial charge in [0.2, 0.25) is 0 Å². The van der Waals surface area contributed by atoms with Crippen molar-refractivity contribution in [3.8, 4) is 0 Å². The number of rotatable bonds is 5. The first kappa shape index (κ1) is 14.5. The number of halogens is 1. The Labute approximate surface area is 122 Å². The molecule has 1 aliphatic rings. The van der Waals surface area contributed by atoms with Gasteiger partial charge in [-0.2, -0.15) is 0 Å². The fraction of sp³-hybridized carbons (Fsp3) is 0.714. The number of ether oxygens (including phenoxy) is 1. The van der Waals surface area contributed by atoms with Crippen LogP contribution < -0.4 is 5.73 Å². The Morgan fingerprint density at radius 2 is 2.00 bits per heavy atom. The number of nitrogens with two attached hydrogens (primary N) is 1. The second-order valence-electron chi connectivity index (χ2n) is 5.06. The highest BCUT2D eigenvalue weighted by atomic mass is 79.9. The van der Waals surface area contributed by atoms with Gasteiger partial charge < -0.3 is 10.5 Å². The second-order valence-corrected chi connectivity index (χ2v) is 7.55. The van der Waals surface area contributed by atoms with Gasteiger partial charge in [0, 0.05) is 11.4 Å². The third-order valence-corrected chi connectivity index (χ3v) is 5.35. The molecule has 4 heteroatoms. The molecule has 18 heavy (non-hydrogen) atoms. The van der Waals surface area contributed by atoms with Gasteiger partial charge in [-0.1, -0.05) is 25.7 Å². The van der Waals surface area contributed by atoms with Crippen molar-refractivity contribution < 1.29 is 4.74 Å². The number of hydrogen-bond acceptors (Lipinski definition) is 3. The Hall–Kier alpha value is 0.1000. The van der Waals surface area contributed by atoms with Crippen molar-refractivity contribution in [2.75, 3.05) is 13.2 Å². The van der Waals surface area contributed by atoms with Crippen LogP contribution in [-0.4, -0.2) is 13.2 Å². The van der Waals surface area contributed by atoms with E-state index in [0.717, 1.165) is 16.3 Å². The molecular weight excluding hydrogens is 310 g/mol. The van der Waals surface area contributed by atoms with Gasteiger partial charge in [0.25, 0.3) is 0 Å². The lowest BCUT2D eigenvalue weighted by Crippen LogP contribution is -2.18. The van der Waals surface area contributed by atoms with E-state index >= 15 is 0 Å². The van der Waals surface area contributed by atoms with Crippen molar-refractivity contribution in [2.24, 2.45) is 11.7 Å². The minimum atomic E-state index is 0.0737. The largest absolute Gasteiger partial charge is 0.371 e. The van der Waals surface area contributed by atoms with Crippen LogP contribution in [0.15, 0.2) is 15.9 Å². The van der Waals surface area contributed by atoms with E-state index in [0.29, 0.717) is 6.54 Å². The lowest BCUT2D eigenvalue weighted by molar-refractivity contribution is 0.0318. The topological polar surface area (TPSA) is 35.2 Å². The van der Waals surface area contributed by atoms with E-state index in [1.54, 1.807) is 11.3 Å². The van der Waals surface area contributed by atoms with Crippen LogP contribution in [-0.2, 0) is 4.74 Å². The zero-order valence-corrected chi connectivity index (χ0v) is 13.1. The molecule has 0 spiro atoms. The van der Waals surface area contributed by atoms with Gasteiger partial charge >= 0.3 is 0 Å². The molecule has 0 amide bonds. The molecule has 1 saturated carbocycles. The molecule has 1 aromatic heterocycles. The van der Waals surface area contributed by atoms with Crippen molar-refractivity contribution in [3.63, 3.8) is 0 Å². The fourth-order valence-corrected chi connectivity index (χ4v) is 4.04. The van der Waals surface area contributed by atoms with E-state index in [-0.39, 0.29) is 6.10 Å². The maximum atomic E-state index is 6.05. The summed E-state index contributed by atoms with van der Waals surface area (Å²) in [7, 11) is 0. The highest BCUT2D eigenvalue weighted by Gasteiger charge is 2.17. The molecule has 2 N–H and O–H groups in total. The third-order valence-electron chi connectivity index (χ3n) is 3.63. The van der Waals surface area contributed by atoms with Gasteiger partial charge in [0.15, 0.2) is 0 Å². The SMILES string of the molecule is NCC(OCC1CCCCCC1)c1ccc(Br)s1. The van der Waals surface area contributed by atoms with Crippen LogP contribution in [0, 0.1) is 5.92 Å². The normalized spacial score (nSPS) is 19.7. The van der Waals surface area contributed by atoms with Crippen LogP contribution in [0.1, 0.15) is 49.5 Å². The summed E-state index contributed by atoms with van der Waals surface area (Å²) in [6.07, 6.45) is 8.25. The Morgan fingerprint density at radius 3 is 2.56 bits per heavy atom. The van der Waals surface area contributed by atoms with Gasteiger partial charge in [-0.25, -0.2) is 0 Å². The first-order valence-electron chi connectivity index (χ1n) is 6.86. The van der Waals surface area contributed by atoms with Gasteiger partial charge in [-0.3, -0.25) is 0 Å². The molecule has 0 bridgehead atoms. The predicted molar refractivity (Wildman–Crippen MR) is 81.0 cm³/mol. The second kappa shape index (κ2) is 7.63. The Balaban J connectivity index is 1.83. The molecule has 1 aliphatic carbocycles. The van der Waals surface area contributed by atoms with E-state index in [1.165, 1.54) is 43.4 Å². The van der Waals surface area contributed by atoms with E-state index in [9.17, 15) is 0 Å². The van der Waals surface area contributed by atoms with Gasteiger partial charge in [0.05, 0.1) is 10.4 Å². The number of hydrogen-bond donors (Lipinski definition) is 1.